The monoisotopic (exact) mass is 439 g/mol. The first-order valence-corrected chi connectivity index (χ1v) is 10.9. The van der Waals surface area contributed by atoms with Crippen LogP contribution in [0, 0.1) is 5.41 Å². The highest BCUT2D eigenvalue weighted by Crippen LogP contribution is 2.35. The van der Waals surface area contributed by atoms with Crippen LogP contribution in [0.4, 0.5) is 11.4 Å². The van der Waals surface area contributed by atoms with Gasteiger partial charge in [0.2, 0.25) is 0 Å². The molecular formula is C24H29N3O5. The van der Waals surface area contributed by atoms with E-state index in [9.17, 15) is 15.3 Å². The van der Waals surface area contributed by atoms with Crippen molar-refractivity contribution in [1.29, 1.82) is 5.41 Å². The van der Waals surface area contributed by atoms with Gasteiger partial charge in [0.25, 0.3) is 0 Å². The number of aliphatic imine (C=N–C) groups is 1. The number of nitrogens with one attached hydrogen (secondary N) is 2. The van der Waals surface area contributed by atoms with Crippen molar-refractivity contribution in [3.63, 3.8) is 0 Å². The fraction of sp³-hybridized carbons (Fsp3) is 0.417. The Hall–Kier alpha value is -2.78. The van der Waals surface area contributed by atoms with Gasteiger partial charge in [0.05, 0.1) is 30.2 Å². The molecule has 1 saturated heterocycles. The van der Waals surface area contributed by atoms with Crippen molar-refractivity contribution >= 4 is 23.8 Å². The Balaban J connectivity index is 1.63. The van der Waals surface area contributed by atoms with Crippen LogP contribution in [0.5, 0.6) is 5.75 Å². The van der Waals surface area contributed by atoms with Crippen LogP contribution < -0.4 is 10.1 Å². The molecule has 170 valence electrons. The minimum atomic E-state index is -1.11. The lowest BCUT2D eigenvalue weighted by Gasteiger charge is -2.36. The van der Waals surface area contributed by atoms with Crippen LogP contribution in [0.25, 0.3) is 0 Å². The molecule has 2 aromatic rings. The Morgan fingerprint density at radius 1 is 1.19 bits per heavy atom. The first kappa shape index (κ1) is 22.4. The van der Waals surface area contributed by atoms with Gasteiger partial charge in [-0.3, -0.25) is 4.99 Å². The van der Waals surface area contributed by atoms with E-state index in [1.165, 1.54) is 6.21 Å². The molecule has 8 nitrogen and oxygen atoms in total. The molecule has 0 bridgehead atoms. The molecule has 4 atom stereocenters. The van der Waals surface area contributed by atoms with Crippen LogP contribution in [0.3, 0.4) is 0 Å². The molecule has 0 saturated carbocycles. The van der Waals surface area contributed by atoms with Crippen LogP contribution in [0.2, 0.25) is 0 Å². The van der Waals surface area contributed by atoms with Crippen LogP contribution in [0.15, 0.2) is 41.4 Å². The maximum Gasteiger partial charge on any atom is 0.142 e. The molecule has 2 aromatic carbocycles. The quantitative estimate of drug-likeness (QED) is 0.422. The fourth-order valence-corrected chi connectivity index (χ4v) is 4.11. The largest absolute Gasteiger partial charge is 0.490 e. The van der Waals surface area contributed by atoms with E-state index in [4.69, 9.17) is 14.9 Å². The standard InChI is InChI=1S/C24H29N3O5/c25-6-1-7-26-18-4-3-16(22-13-20(29)24(30)23(14-28)32-22)12-17(18)10-15-2-5-21-19(11-15)27-8-9-31-21/h2-7,11-12,20,22-25,27-30H,1,8-10,13-14H2. The first-order chi connectivity index (χ1) is 15.6. The summed E-state index contributed by atoms with van der Waals surface area (Å²) in [6.45, 7) is 1.05. The van der Waals surface area contributed by atoms with E-state index in [-0.39, 0.29) is 13.0 Å². The number of ether oxygens (including phenoxy) is 2. The van der Waals surface area contributed by atoms with Crippen molar-refractivity contribution < 1.29 is 24.8 Å². The summed E-state index contributed by atoms with van der Waals surface area (Å²) in [5.41, 5.74) is 4.69. The van der Waals surface area contributed by atoms with Gasteiger partial charge in [-0.25, -0.2) is 0 Å². The minimum Gasteiger partial charge on any atom is -0.490 e. The third-order valence-corrected chi connectivity index (χ3v) is 5.79. The molecule has 1 fully saturated rings. The summed E-state index contributed by atoms with van der Waals surface area (Å²) in [4.78, 5) is 4.54. The Labute approximate surface area is 187 Å². The van der Waals surface area contributed by atoms with Crippen molar-refractivity contribution in [2.75, 3.05) is 25.1 Å². The summed E-state index contributed by atoms with van der Waals surface area (Å²) in [6.07, 6.45) is 0.977. The molecule has 5 N–H and O–H groups in total. The van der Waals surface area contributed by atoms with Gasteiger partial charge >= 0.3 is 0 Å². The van der Waals surface area contributed by atoms with Gasteiger partial charge in [-0.2, -0.15) is 0 Å². The van der Waals surface area contributed by atoms with Crippen molar-refractivity contribution in [2.45, 2.75) is 43.7 Å². The molecule has 2 heterocycles. The summed E-state index contributed by atoms with van der Waals surface area (Å²) < 4.78 is 11.5. The van der Waals surface area contributed by atoms with E-state index >= 15 is 0 Å². The second-order valence-electron chi connectivity index (χ2n) is 8.06. The predicted octanol–water partition coefficient (Wildman–Crippen LogP) is 2.37. The fourth-order valence-electron chi connectivity index (χ4n) is 4.11. The Kier molecular flexibility index (Phi) is 7.16. The molecule has 32 heavy (non-hydrogen) atoms. The number of fused-ring (bicyclic) bond motifs is 1. The molecule has 2 aliphatic heterocycles. The van der Waals surface area contributed by atoms with Crippen LogP contribution in [0.1, 0.15) is 35.6 Å². The number of hydrogen-bond donors (Lipinski definition) is 5. The topological polar surface area (TPSA) is 127 Å². The first-order valence-electron chi connectivity index (χ1n) is 10.9. The Bertz CT molecular complexity index is 980. The molecular weight excluding hydrogens is 410 g/mol. The molecule has 0 aromatic heterocycles. The number of aliphatic hydroxyl groups is 3. The van der Waals surface area contributed by atoms with E-state index in [2.05, 4.69) is 16.4 Å². The second-order valence-corrected chi connectivity index (χ2v) is 8.06. The van der Waals surface area contributed by atoms with Gasteiger partial charge in [-0.1, -0.05) is 18.2 Å². The highest BCUT2D eigenvalue weighted by Gasteiger charge is 2.37. The SMILES string of the molecule is N=CCC=Nc1ccc(C2CC(O)C(O)C(CO)O2)cc1Cc1ccc2c(c1)NCCO2. The zero-order valence-electron chi connectivity index (χ0n) is 17.8. The zero-order chi connectivity index (χ0) is 22.5. The lowest BCUT2D eigenvalue weighted by Crippen LogP contribution is -2.47. The summed E-state index contributed by atoms with van der Waals surface area (Å²) in [5.74, 6) is 0.844. The van der Waals surface area contributed by atoms with Gasteiger partial charge in [0.1, 0.15) is 24.6 Å². The number of anilines is 1. The van der Waals surface area contributed by atoms with E-state index < -0.39 is 24.4 Å². The van der Waals surface area contributed by atoms with E-state index in [1.807, 2.05) is 30.3 Å². The summed E-state index contributed by atoms with van der Waals surface area (Å²) in [6, 6.07) is 11.9. The van der Waals surface area contributed by atoms with Crippen LogP contribution >= 0.6 is 0 Å². The van der Waals surface area contributed by atoms with Crippen molar-refractivity contribution in [3.8, 4) is 5.75 Å². The summed E-state index contributed by atoms with van der Waals surface area (Å²) in [5, 5.41) is 40.3. The zero-order valence-corrected chi connectivity index (χ0v) is 17.8. The van der Waals surface area contributed by atoms with Crippen LogP contribution in [-0.2, 0) is 11.2 Å². The lowest BCUT2D eigenvalue weighted by molar-refractivity contribution is -0.181. The maximum atomic E-state index is 10.2. The van der Waals surface area contributed by atoms with Crippen molar-refractivity contribution in [1.82, 2.24) is 0 Å². The van der Waals surface area contributed by atoms with Crippen molar-refractivity contribution in [3.05, 3.63) is 53.1 Å². The Morgan fingerprint density at radius 3 is 2.88 bits per heavy atom. The minimum absolute atomic E-state index is 0.244. The van der Waals surface area contributed by atoms with Gasteiger partial charge in [-0.05, 0) is 41.3 Å². The van der Waals surface area contributed by atoms with Gasteiger partial charge in [0, 0.05) is 31.8 Å². The number of hydrogen-bond acceptors (Lipinski definition) is 8. The molecule has 8 heteroatoms. The van der Waals surface area contributed by atoms with E-state index in [0.29, 0.717) is 19.4 Å². The molecule has 0 amide bonds. The third kappa shape index (κ3) is 4.99. The smallest absolute Gasteiger partial charge is 0.142 e. The number of rotatable bonds is 7. The highest BCUT2D eigenvalue weighted by molar-refractivity contribution is 5.79. The number of aliphatic hydroxyl groups excluding tert-OH is 3. The highest BCUT2D eigenvalue weighted by atomic mass is 16.5. The van der Waals surface area contributed by atoms with E-state index in [0.717, 1.165) is 40.4 Å². The molecule has 4 rings (SSSR count). The molecule has 0 aliphatic carbocycles. The Morgan fingerprint density at radius 2 is 2.06 bits per heavy atom. The lowest BCUT2D eigenvalue weighted by atomic mass is 9.92. The molecule has 0 radical (unpaired) electrons. The summed E-state index contributed by atoms with van der Waals surface area (Å²) in [7, 11) is 0. The van der Waals surface area contributed by atoms with Crippen molar-refractivity contribution in [2.24, 2.45) is 4.99 Å². The van der Waals surface area contributed by atoms with Gasteiger partial charge in [0.15, 0.2) is 0 Å². The molecule has 0 spiro atoms. The normalized spacial score (nSPS) is 25.1. The summed E-state index contributed by atoms with van der Waals surface area (Å²) >= 11 is 0. The van der Waals surface area contributed by atoms with Crippen LogP contribution in [-0.4, -0.2) is 65.8 Å². The van der Waals surface area contributed by atoms with Gasteiger partial charge < -0.3 is 35.5 Å². The second kappa shape index (κ2) is 10.2. The number of nitrogens with zero attached hydrogens (tertiary/aromatic N) is 1. The van der Waals surface area contributed by atoms with Gasteiger partial charge in [-0.15, -0.1) is 0 Å². The third-order valence-electron chi connectivity index (χ3n) is 5.79. The van der Waals surface area contributed by atoms with E-state index in [1.54, 1.807) is 6.21 Å². The predicted molar refractivity (Wildman–Crippen MR) is 123 cm³/mol. The molecule has 2 aliphatic rings. The number of benzene rings is 2. The average molecular weight is 440 g/mol. The molecule has 4 unspecified atom stereocenters. The maximum absolute atomic E-state index is 10.2. The average Bonchev–Trinajstić information content (AvgIpc) is 2.81.